The largest absolute Gasteiger partial charge is 0.377 e. The van der Waals surface area contributed by atoms with Crippen LogP contribution < -0.4 is 10.2 Å². The SMILES string of the molecule is CC[C@@H](C)N(Cc1cc(NC(=O)COC)ccc1N(C)C)C(C)=O. The van der Waals surface area contributed by atoms with E-state index in [9.17, 15) is 9.59 Å². The molecule has 0 unspecified atom stereocenters. The van der Waals surface area contributed by atoms with Crippen LogP contribution in [0.25, 0.3) is 0 Å². The van der Waals surface area contributed by atoms with Gasteiger partial charge in [-0.15, -0.1) is 0 Å². The summed E-state index contributed by atoms with van der Waals surface area (Å²) in [6.07, 6.45) is 0.890. The smallest absolute Gasteiger partial charge is 0.250 e. The van der Waals surface area contributed by atoms with Gasteiger partial charge < -0.3 is 19.9 Å². The molecule has 134 valence electrons. The number of hydrogen-bond donors (Lipinski definition) is 1. The first-order valence-electron chi connectivity index (χ1n) is 8.16. The van der Waals surface area contributed by atoms with Crippen molar-refractivity contribution in [3.05, 3.63) is 23.8 Å². The Morgan fingerprint density at radius 2 is 1.96 bits per heavy atom. The van der Waals surface area contributed by atoms with Crippen LogP contribution in [0, 0.1) is 0 Å². The van der Waals surface area contributed by atoms with Crippen molar-refractivity contribution in [3.63, 3.8) is 0 Å². The Morgan fingerprint density at radius 3 is 2.46 bits per heavy atom. The summed E-state index contributed by atoms with van der Waals surface area (Å²) in [5.74, 6) is -0.158. The summed E-state index contributed by atoms with van der Waals surface area (Å²) in [6, 6.07) is 5.88. The highest BCUT2D eigenvalue weighted by atomic mass is 16.5. The van der Waals surface area contributed by atoms with E-state index in [1.54, 1.807) is 6.92 Å². The van der Waals surface area contributed by atoms with Crippen molar-refractivity contribution >= 4 is 23.2 Å². The van der Waals surface area contributed by atoms with Gasteiger partial charge in [-0.05, 0) is 37.1 Å². The number of ether oxygens (including phenoxy) is 1. The summed E-state index contributed by atoms with van der Waals surface area (Å²) < 4.78 is 4.84. The maximum atomic E-state index is 12.0. The minimum atomic E-state index is -0.202. The Labute approximate surface area is 144 Å². The number of amides is 2. The standard InChI is InChI=1S/C18H29N3O3/c1-7-13(2)21(14(3)22)11-15-10-16(19-18(23)12-24-6)8-9-17(15)20(4)5/h8-10,13H,7,11-12H2,1-6H3,(H,19,23)/t13-/m1/s1. The van der Waals surface area contributed by atoms with E-state index < -0.39 is 0 Å². The van der Waals surface area contributed by atoms with Crippen molar-refractivity contribution < 1.29 is 14.3 Å². The normalized spacial score (nSPS) is 11.8. The van der Waals surface area contributed by atoms with Gasteiger partial charge in [0.15, 0.2) is 0 Å². The lowest BCUT2D eigenvalue weighted by Crippen LogP contribution is -2.36. The maximum Gasteiger partial charge on any atom is 0.250 e. The van der Waals surface area contributed by atoms with E-state index in [4.69, 9.17) is 4.74 Å². The van der Waals surface area contributed by atoms with Gasteiger partial charge in [-0.2, -0.15) is 0 Å². The van der Waals surface area contributed by atoms with E-state index in [2.05, 4.69) is 12.2 Å². The number of nitrogens with zero attached hydrogens (tertiary/aromatic N) is 2. The fourth-order valence-electron chi connectivity index (χ4n) is 2.54. The van der Waals surface area contributed by atoms with Crippen molar-refractivity contribution in [2.45, 2.75) is 39.8 Å². The van der Waals surface area contributed by atoms with Gasteiger partial charge in [0.05, 0.1) is 0 Å². The Balaban J connectivity index is 3.12. The molecule has 0 aromatic heterocycles. The summed E-state index contributed by atoms with van der Waals surface area (Å²) in [5, 5.41) is 2.81. The number of carbonyl (C=O) groups is 2. The third-order valence-electron chi connectivity index (χ3n) is 3.99. The molecule has 0 aliphatic rings. The molecular weight excluding hydrogens is 306 g/mol. The van der Waals surface area contributed by atoms with Crippen LogP contribution in [0.1, 0.15) is 32.8 Å². The minimum Gasteiger partial charge on any atom is -0.377 e. The Bertz CT molecular complexity index is 573. The Morgan fingerprint density at radius 1 is 1.29 bits per heavy atom. The third kappa shape index (κ3) is 5.53. The number of benzene rings is 1. The molecule has 1 aromatic rings. The molecule has 1 atom stereocenters. The van der Waals surface area contributed by atoms with E-state index in [-0.39, 0.29) is 24.5 Å². The molecule has 0 saturated carbocycles. The van der Waals surface area contributed by atoms with Crippen molar-refractivity contribution in [1.29, 1.82) is 0 Å². The molecule has 0 fully saturated rings. The topological polar surface area (TPSA) is 61.9 Å². The summed E-state index contributed by atoms with van der Waals surface area (Å²) in [7, 11) is 5.41. The highest BCUT2D eigenvalue weighted by Crippen LogP contribution is 2.25. The zero-order valence-electron chi connectivity index (χ0n) is 15.5. The van der Waals surface area contributed by atoms with Gasteiger partial charge in [0.25, 0.3) is 0 Å². The fraction of sp³-hybridized carbons (Fsp3) is 0.556. The molecule has 2 amide bonds. The van der Waals surface area contributed by atoms with Crippen LogP contribution >= 0.6 is 0 Å². The van der Waals surface area contributed by atoms with Gasteiger partial charge in [0, 0.05) is 52.1 Å². The van der Waals surface area contributed by atoms with E-state index in [0.29, 0.717) is 12.2 Å². The highest BCUT2D eigenvalue weighted by molar-refractivity contribution is 5.92. The van der Waals surface area contributed by atoms with Gasteiger partial charge in [0.1, 0.15) is 6.61 Å². The molecule has 24 heavy (non-hydrogen) atoms. The quantitative estimate of drug-likeness (QED) is 0.793. The average Bonchev–Trinajstić information content (AvgIpc) is 2.51. The lowest BCUT2D eigenvalue weighted by Gasteiger charge is -2.29. The number of hydrogen-bond acceptors (Lipinski definition) is 4. The van der Waals surface area contributed by atoms with Gasteiger partial charge in [-0.1, -0.05) is 6.92 Å². The van der Waals surface area contributed by atoms with E-state index in [1.165, 1.54) is 7.11 Å². The van der Waals surface area contributed by atoms with Crippen molar-refractivity contribution in [1.82, 2.24) is 4.90 Å². The first kappa shape index (κ1) is 20.0. The molecule has 0 heterocycles. The van der Waals surface area contributed by atoms with Crippen molar-refractivity contribution in [2.24, 2.45) is 0 Å². The molecule has 0 aliphatic heterocycles. The maximum absolute atomic E-state index is 12.0. The van der Waals surface area contributed by atoms with Crippen LogP contribution in [0.3, 0.4) is 0 Å². The monoisotopic (exact) mass is 335 g/mol. The average molecular weight is 335 g/mol. The van der Waals surface area contributed by atoms with Gasteiger partial charge >= 0.3 is 0 Å². The zero-order chi connectivity index (χ0) is 18.3. The second-order valence-corrected chi connectivity index (χ2v) is 6.12. The van der Waals surface area contributed by atoms with Gasteiger partial charge in [-0.25, -0.2) is 0 Å². The number of rotatable bonds is 8. The van der Waals surface area contributed by atoms with Crippen molar-refractivity contribution in [2.75, 3.05) is 38.0 Å². The number of nitrogens with one attached hydrogen (secondary N) is 1. The molecule has 6 heteroatoms. The minimum absolute atomic E-state index is 0.0111. The molecule has 1 aromatic carbocycles. The number of anilines is 2. The molecule has 1 rings (SSSR count). The zero-order valence-corrected chi connectivity index (χ0v) is 15.5. The van der Waals surface area contributed by atoms with E-state index >= 15 is 0 Å². The van der Waals surface area contributed by atoms with Crippen molar-refractivity contribution in [3.8, 4) is 0 Å². The molecular formula is C18H29N3O3. The summed E-state index contributed by atoms with van der Waals surface area (Å²) >= 11 is 0. The number of carbonyl (C=O) groups excluding carboxylic acids is 2. The molecule has 0 radical (unpaired) electrons. The lowest BCUT2D eigenvalue weighted by molar-refractivity contribution is -0.131. The molecule has 0 spiro atoms. The summed E-state index contributed by atoms with van der Waals surface area (Å²) in [5.41, 5.74) is 2.71. The second kappa shape index (κ2) is 9.27. The number of methoxy groups -OCH3 is 1. The molecule has 0 saturated heterocycles. The van der Waals surface area contributed by atoms with Crippen LogP contribution in [0.4, 0.5) is 11.4 Å². The predicted molar refractivity (Wildman–Crippen MR) is 97.3 cm³/mol. The van der Waals surface area contributed by atoms with Crippen LogP contribution in [-0.4, -0.2) is 50.6 Å². The first-order valence-corrected chi connectivity index (χ1v) is 8.16. The van der Waals surface area contributed by atoms with Gasteiger partial charge in [-0.3, -0.25) is 9.59 Å². The molecule has 1 N–H and O–H groups in total. The third-order valence-corrected chi connectivity index (χ3v) is 3.99. The van der Waals surface area contributed by atoms with Gasteiger partial charge in [0.2, 0.25) is 11.8 Å². The van der Waals surface area contributed by atoms with E-state index in [1.807, 2.05) is 49.0 Å². The highest BCUT2D eigenvalue weighted by Gasteiger charge is 2.18. The van der Waals surface area contributed by atoms with E-state index in [0.717, 1.165) is 17.7 Å². The van der Waals surface area contributed by atoms with Crippen LogP contribution in [-0.2, 0) is 20.9 Å². The Kier molecular flexibility index (Phi) is 7.71. The fourth-order valence-corrected chi connectivity index (χ4v) is 2.54. The summed E-state index contributed by atoms with van der Waals surface area (Å²) in [4.78, 5) is 27.6. The first-order chi connectivity index (χ1) is 11.3. The summed E-state index contributed by atoms with van der Waals surface area (Å²) in [6.45, 7) is 6.21. The molecule has 0 bridgehead atoms. The van der Waals surface area contributed by atoms with Crippen LogP contribution in [0.5, 0.6) is 0 Å². The molecule has 6 nitrogen and oxygen atoms in total. The van der Waals surface area contributed by atoms with Crippen LogP contribution in [0.15, 0.2) is 18.2 Å². The Hall–Kier alpha value is -2.08. The lowest BCUT2D eigenvalue weighted by atomic mass is 10.1. The predicted octanol–water partition coefficient (Wildman–Crippen LogP) is 2.48. The second-order valence-electron chi connectivity index (χ2n) is 6.12. The molecule has 0 aliphatic carbocycles. The van der Waals surface area contributed by atoms with Crippen LogP contribution in [0.2, 0.25) is 0 Å².